The molecule has 0 aliphatic rings. The Balaban J connectivity index is 3.52. The van der Waals surface area contributed by atoms with Gasteiger partial charge >= 0.3 is 0 Å². The molecule has 0 saturated carbocycles. The van der Waals surface area contributed by atoms with Gasteiger partial charge in [0.2, 0.25) is 5.91 Å². The van der Waals surface area contributed by atoms with Crippen molar-refractivity contribution in [2.24, 2.45) is 0 Å². The maximum atomic E-state index is 12.3. The van der Waals surface area contributed by atoms with Crippen LogP contribution in [0.15, 0.2) is 36.5 Å². The van der Waals surface area contributed by atoms with Crippen molar-refractivity contribution >= 4 is 5.91 Å². The molecule has 0 saturated heterocycles. The highest BCUT2D eigenvalue weighted by Gasteiger charge is 2.19. The largest absolute Gasteiger partial charge is 0.394 e. The summed E-state index contributed by atoms with van der Waals surface area (Å²) in [7, 11) is 0. The predicted molar refractivity (Wildman–Crippen MR) is 207 cm³/mol. The smallest absolute Gasteiger partial charge is 0.220 e. The summed E-state index contributed by atoms with van der Waals surface area (Å²) >= 11 is 0. The summed E-state index contributed by atoms with van der Waals surface area (Å²) in [5, 5.41) is 23.1. The molecule has 0 aromatic rings. The molecule has 4 heteroatoms. The summed E-state index contributed by atoms with van der Waals surface area (Å²) in [5.74, 6) is -0.0602. The van der Waals surface area contributed by atoms with Crippen LogP contribution in [0.5, 0.6) is 0 Å². The van der Waals surface area contributed by atoms with Crippen molar-refractivity contribution < 1.29 is 15.0 Å². The molecule has 0 aliphatic carbocycles. The fraction of sp³-hybridized carbons (Fsp3) is 0.837. The quantitative estimate of drug-likeness (QED) is 0.0459. The normalized spacial score (nSPS) is 13.4. The van der Waals surface area contributed by atoms with E-state index in [2.05, 4.69) is 55.6 Å². The van der Waals surface area contributed by atoms with Gasteiger partial charge in [-0.3, -0.25) is 4.79 Å². The summed E-state index contributed by atoms with van der Waals surface area (Å²) in [6.07, 6.45) is 50.8. The predicted octanol–water partition coefficient (Wildman–Crippen LogP) is 12.6. The average Bonchev–Trinajstić information content (AvgIpc) is 3.07. The molecule has 0 aliphatic heterocycles. The summed E-state index contributed by atoms with van der Waals surface area (Å²) in [6, 6.07) is -0.550. The number of nitrogens with one attached hydrogen (secondary N) is 1. The molecular formula is C43H81NO3. The van der Waals surface area contributed by atoms with Crippen LogP contribution in [0.25, 0.3) is 0 Å². The van der Waals surface area contributed by atoms with E-state index in [1.807, 2.05) is 0 Å². The standard InChI is InChI=1S/C43H81NO3/c1-3-5-7-9-11-13-15-17-18-19-20-21-22-23-24-25-27-28-30-32-34-36-38-42(46)41(40-45)44-43(47)39-37-35-33-31-29-26-16-14-12-10-8-6-4-2/h6,8,12,14,26,29,41-42,45-46H,3-5,7,9-11,13,15-25,27-28,30-40H2,1-2H3,(H,44,47)/b8-6-,14-12-,29-26-. The lowest BCUT2D eigenvalue weighted by Crippen LogP contribution is -2.45. The molecule has 3 N–H and O–H groups in total. The van der Waals surface area contributed by atoms with Crippen LogP contribution in [0.3, 0.4) is 0 Å². The second-order valence-electron chi connectivity index (χ2n) is 14.0. The van der Waals surface area contributed by atoms with Gasteiger partial charge in [0.05, 0.1) is 18.8 Å². The van der Waals surface area contributed by atoms with Gasteiger partial charge in [-0.05, 0) is 44.9 Å². The highest BCUT2D eigenvalue weighted by Crippen LogP contribution is 2.16. The molecular weight excluding hydrogens is 578 g/mol. The van der Waals surface area contributed by atoms with Crippen molar-refractivity contribution in [3.63, 3.8) is 0 Å². The fourth-order valence-electron chi connectivity index (χ4n) is 6.26. The number of hydrogen-bond donors (Lipinski definition) is 3. The Hall–Kier alpha value is -1.39. The van der Waals surface area contributed by atoms with Crippen molar-refractivity contribution in [3.8, 4) is 0 Å². The Labute approximate surface area is 293 Å². The molecule has 276 valence electrons. The molecule has 0 heterocycles. The van der Waals surface area contributed by atoms with Crippen LogP contribution in [0.2, 0.25) is 0 Å². The van der Waals surface area contributed by atoms with Crippen molar-refractivity contribution in [1.29, 1.82) is 0 Å². The minimum Gasteiger partial charge on any atom is -0.394 e. The summed E-state index contributed by atoms with van der Waals surface area (Å²) in [5.41, 5.74) is 0. The first-order chi connectivity index (χ1) is 23.2. The zero-order valence-corrected chi connectivity index (χ0v) is 31.5. The van der Waals surface area contributed by atoms with Crippen LogP contribution in [-0.4, -0.2) is 34.9 Å². The summed E-state index contributed by atoms with van der Waals surface area (Å²) in [4.78, 5) is 12.3. The number of rotatable bonds is 37. The Bertz CT molecular complexity index is 716. The maximum Gasteiger partial charge on any atom is 0.220 e. The van der Waals surface area contributed by atoms with Crippen molar-refractivity contribution in [2.45, 2.75) is 225 Å². The van der Waals surface area contributed by atoms with E-state index in [1.165, 1.54) is 128 Å². The van der Waals surface area contributed by atoms with Crippen LogP contribution >= 0.6 is 0 Å². The third-order valence-electron chi connectivity index (χ3n) is 9.42. The monoisotopic (exact) mass is 660 g/mol. The zero-order chi connectivity index (χ0) is 34.3. The number of amides is 1. The van der Waals surface area contributed by atoms with Gasteiger partial charge in [0.15, 0.2) is 0 Å². The number of unbranched alkanes of at least 4 members (excludes halogenated alkanes) is 24. The van der Waals surface area contributed by atoms with Gasteiger partial charge in [0.1, 0.15) is 0 Å². The van der Waals surface area contributed by atoms with Crippen LogP contribution in [0.4, 0.5) is 0 Å². The van der Waals surface area contributed by atoms with Gasteiger partial charge in [0, 0.05) is 6.42 Å². The van der Waals surface area contributed by atoms with Gasteiger partial charge < -0.3 is 15.5 Å². The van der Waals surface area contributed by atoms with Crippen LogP contribution in [-0.2, 0) is 4.79 Å². The van der Waals surface area contributed by atoms with E-state index < -0.39 is 12.1 Å². The van der Waals surface area contributed by atoms with E-state index in [1.54, 1.807) is 0 Å². The zero-order valence-electron chi connectivity index (χ0n) is 31.5. The van der Waals surface area contributed by atoms with E-state index in [0.29, 0.717) is 12.8 Å². The minimum atomic E-state index is -0.670. The Morgan fingerprint density at radius 3 is 1.38 bits per heavy atom. The number of hydrogen-bond acceptors (Lipinski definition) is 3. The first kappa shape index (κ1) is 45.6. The third-order valence-corrected chi connectivity index (χ3v) is 9.42. The minimum absolute atomic E-state index is 0.0602. The molecule has 0 fully saturated rings. The Kier molecular flexibility index (Phi) is 37.9. The molecule has 2 unspecified atom stereocenters. The van der Waals surface area contributed by atoms with Gasteiger partial charge in [-0.1, -0.05) is 198 Å². The van der Waals surface area contributed by atoms with E-state index >= 15 is 0 Å². The summed E-state index contributed by atoms with van der Waals surface area (Å²) < 4.78 is 0. The first-order valence-corrected chi connectivity index (χ1v) is 20.7. The average molecular weight is 660 g/mol. The molecule has 2 atom stereocenters. The number of allylic oxidation sites excluding steroid dienone is 6. The third kappa shape index (κ3) is 35.7. The van der Waals surface area contributed by atoms with Crippen LogP contribution < -0.4 is 5.32 Å². The van der Waals surface area contributed by atoms with Crippen LogP contribution in [0, 0.1) is 0 Å². The second-order valence-corrected chi connectivity index (χ2v) is 14.0. The summed E-state index contributed by atoms with van der Waals surface area (Å²) in [6.45, 7) is 4.23. The fourth-order valence-corrected chi connectivity index (χ4v) is 6.26. The Morgan fingerprint density at radius 2 is 0.936 bits per heavy atom. The highest BCUT2D eigenvalue weighted by atomic mass is 16.3. The number of carbonyl (C=O) groups excluding carboxylic acids is 1. The van der Waals surface area contributed by atoms with E-state index in [9.17, 15) is 15.0 Å². The number of aliphatic hydroxyl groups is 2. The first-order valence-electron chi connectivity index (χ1n) is 20.7. The molecule has 0 bridgehead atoms. The van der Waals surface area contributed by atoms with E-state index in [-0.39, 0.29) is 12.5 Å². The highest BCUT2D eigenvalue weighted by molar-refractivity contribution is 5.76. The SMILES string of the molecule is CC/C=C\C/C=C\C/C=C\CCCCCC(=O)NC(CO)C(O)CCCCCCCCCCCCCCCCCCCCCCCC. The Morgan fingerprint density at radius 1 is 0.532 bits per heavy atom. The van der Waals surface area contributed by atoms with Gasteiger partial charge in [-0.2, -0.15) is 0 Å². The van der Waals surface area contributed by atoms with Gasteiger partial charge in [0.25, 0.3) is 0 Å². The molecule has 0 aromatic heterocycles. The molecule has 1 amide bonds. The lowest BCUT2D eigenvalue weighted by molar-refractivity contribution is -0.123. The maximum absolute atomic E-state index is 12.3. The molecule has 47 heavy (non-hydrogen) atoms. The van der Waals surface area contributed by atoms with Gasteiger partial charge in [-0.15, -0.1) is 0 Å². The lowest BCUT2D eigenvalue weighted by Gasteiger charge is -2.22. The molecule has 0 rings (SSSR count). The second kappa shape index (κ2) is 39.1. The molecule has 0 aromatic carbocycles. The molecule has 4 nitrogen and oxygen atoms in total. The van der Waals surface area contributed by atoms with Crippen molar-refractivity contribution in [2.75, 3.05) is 6.61 Å². The topological polar surface area (TPSA) is 69.6 Å². The number of carbonyl (C=O) groups is 1. The van der Waals surface area contributed by atoms with Crippen LogP contribution in [0.1, 0.15) is 213 Å². The van der Waals surface area contributed by atoms with Gasteiger partial charge in [-0.25, -0.2) is 0 Å². The molecule has 0 spiro atoms. The van der Waals surface area contributed by atoms with Crippen molar-refractivity contribution in [1.82, 2.24) is 5.32 Å². The molecule has 0 radical (unpaired) electrons. The number of aliphatic hydroxyl groups excluding tert-OH is 2. The van der Waals surface area contributed by atoms with E-state index in [4.69, 9.17) is 0 Å². The van der Waals surface area contributed by atoms with Crippen molar-refractivity contribution in [3.05, 3.63) is 36.5 Å². The van der Waals surface area contributed by atoms with E-state index in [0.717, 1.165) is 57.8 Å². The lowest BCUT2D eigenvalue weighted by atomic mass is 10.0.